The molecule has 2 atom stereocenters. The van der Waals surface area contributed by atoms with E-state index in [9.17, 15) is 0 Å². The number of nitrogens with zero attached hydrogens (tertiary/aromatic N) is 1. The van der Waals surface area contributed by atoms with Crippen LogP contribution in [0.3, 0.4) is 0 Å². The lowest BCUT2D eigenvalue weighted by atomic mass is 10.0. The zero-order valence-electron chi connectivity index (χ0n) is 11.5. The highest BCUT2D eigenvalue weighted by Gasteiger charge is 2.53. The number of nitrogens with one attached hydrogen (secondary N) is 1. The number of fused-ring (bicyclic) bond motifs is 1. The molecule has 1 heterocycles. The van der Waals surface area contributed by atoms with Gasteiger partial charge >= 0.3 is 0 Å². The van der Waals surface area contributed by atoms with E-state index < -0.39 is 0 Å². The number of aromatic nitrogens is 1. The molecule has 2 aliphatic rings. The third-order valence-electron chi connectivity index (χ3n) is 4.45. The van der Waals surface area contributed by atoms with Gasteiger partial charge in [0.25, 0.3) is 0 Å². The van der Waals surface area contributed by atoms with Crippen molar-refractivity contribution < 1.29 is 4.42 Å². The normalized spacial score (nSPS) is 30.5. The summed E-state index contributed by atoms with van der Waals surface area (Å²) in [6.07, 6.45) is 8.52. The smallest absolute Gasteiger partial charge is 0.195 e. The zero-order valence-corrected chi connectivity index (χ0v) is 11.5. The van der Waals surface area contributed by atoms with Crippen LogP contribution in [0, 0.1) is 11.8 Å². The van der Waals surface area contributed by atoms with Gasteiger partial charge in [-0.3, -0.25) is 0 Å². The van der Waals surface area contributed by atoms with Gasteiger partial charge in [0.05, 0.1) is 6.20 Å². The molecule has 0 amide bonds. The molecule has 1 aromatic rings. The summed E-state index contributed by atoms with van der Waals surface area (Å²) in [7, 11) is 0. The van der Waals surface area contributed by atoms with Crippen LogP contribution in [0.2, 0.25) is 0 Å². The van der Waals surface area contributed by atoms with E-state index in [2.05, 4.69) is 24.1 Å². The molecule has 18 heavy (non-hydrogen) atoms. The summed E-state index contributed by atoms with van der Waals surface area (Å²) in [5.41, 5.74) is 0. The Morgan fingerprint density at radius 2 is 2.06 bits per heavy atom. The van der Waals surface area contributed by atoms with Gasteiger partial charge in [-0.05, 0) is 24.7 Å². The molecule has 1 N–H and O–H groups in total. The van der Waals surface area contributed by atoms with Crippen molar-refractivity contribution in [2.75, 3.05) is 6.54 Å². The van der Waals surface area contributed by atoms with Crippen LogP contribution in [0.15, 0.2) is 10.6 Å². The van der Waals surface area contributed by atoms with Crippen LogP contribution in [-0.2, 0) is 6.42 Å². The van der Waals surface area contributed by atoms with Crippen LogP contribution in [0.25, 0.3) is 0 Å². The lowest BCUT2D eigenvalue weighted by Crippen LogP contribution is -2.24. The maximum absolute atomic E-state index is 5.93. The minimum atomic E-state index is 0.533. The van der Waals surface area contributed by atoms with E-state index in [1.807, 2.05) is 6.20 Å². The average molecular weight is 248 g/mol. The summed E-state index contributed by atoms with van der Waals surface area (Å²) in [6, 6.07) is 0.533. The summed E-state index contributed by atoms with van der Waals surface area (Å²) in [4.78, 5) is 4.43. The molecule has 2 unspecified atom stereocenters. The molecule has 0 aliphatic heterocycles. The molecule has 2 aliphatic carbocycles. The highest BCUT2D eigenvalue weighted by atomic mass is 16.4. The Balaban J connectivity index is 1.54. The van der Waals surface area contributed by atoms with Gasteiger partial charge < -0.3 is 9.73 Å². The van der Waals surface area contributed by atoms with E-state index in [1.54, 1.807) is 0 Å². The molecule has 0 spiro atoms. The topological polar surface area (TPSA) is 38.1 Å². The third kappa shape index (κ3) is 2.46. The Kier molecular flexibility index (Phi) is 3.42. The Bertz CT molecular complexity index is 387. The van der Waals surface area contributed by atoms with Gasteiger partial charge in [0.1, 0.15) is 5.76 Å². The van der Waals surface area contributed by atoms with Gasteiger partial charge in [0.2, 0.25) is 0 Å². The quantitative estimate of drug-likeness (QED) is 0.870. The van der Waals surface area contributed by atoms with Crippen molar-refractivity contribution >= 4 is 0 Å². The molecule has 3 nitrogen and oxygen atoms in total. The molecule has 0 radical (unpaired) electrons. The Labute approximate surface area is 109 Å². The first kappa shape index (κ1) is 12.2. The summed E-state index contributed by atoms with van der Waals surface area (Å²) in [6.45, 7) is 5.28. The summed E-state index contributed by atoms with van der Waals surface area (Å²) in [5.74, 6) is 4.58. The van der Waals surface area contributed by atoms with Gasteiger partial charge in [-0.2, -0.15) is 0 Å². The van der Waals surface area contributed by atoms with Crippen molar-refractivity contribution in [1.82, 2.24) is 10.3 Å². The van der Waals surface area contributed by atoms with Crippen molar-refractivity contribution in [2.45, 2.75) is 57.9 Å². The van der Waals surface area contributed by atoms with Crippen LogP contribution in [0.1, 0.15) is 57.1 Å². The van der Waals surface area contributed by atoms with Gasteiger partial charge in [-0.25, -0.2) is 4.98 Å². The minimum Gasteiger partial charge on any atom is -0.445 e. The van der Waals surface area contributed by atoms with E-state index in [-0.39, 0.29) is 0 Å². The fourth-order valence-corrected chi connectivity index (χ4v) is 3.48. The molecule has 0 aromatic carbocycles. The van der Waals surface area contributed by atoms with E-state index in [0.29, 0.717) is 12.0 Å². The van der Waals surface area contributed by atoms with Crippen molar-refractivity contribution in [3.63, 3.8) is 0 Å². The second-order valence-corrected chi connectivity index (χ2v) is 6.15. The standard InChI is InChI=1S/C15H24N2O/c1-10(2)16-8-7-14-17-9-13(18-14)15-11-5-3-4-6-12(11)15/h9-12,15-16H,3-8H2,1-2H3. The largest absolute Gasteiger partial charge is 0.445 e. The van der Waals surface area contributed by atoms with Crippen molar-refractivity contribution in [3.8, 4) is 0 Å². The van der Waals surface area contributed by atoms with E-state index >= 15 is 0 Å². The first-order valence-electron chi connectivity index (χ1n) is 7.43. The monoisotopic (exact) mass is 248 g/mol. The SMILES string of the molecule is CC(C)NCCc1ncc(C2C3CCCCC32)o1. The number of hydrogen-bond acceptors (Lipinski definition) is 3. The molecule has 3 heteroatoms. The van der Waals surface area contributed by atoms with Crippen molar-refractivity contribution in [2.24, 2.45) is 11.8 Å². The molecule has 0 saturated heterocycles. The summed E-state index contributed by atoms with van der Waals surface area (Å²) >= 11 is 0. The fraction of sp³-hybridized carbons (Fsp3) is 0.800. The molecular weight excluding hydrogens is 224 g/mol. The summed E-state index contributed by atoms with van der Waals surface area (Å²) < 4.78 is 5.93. The molecular formula is C15H24N2O. The first-order valence-corrected chi connectivity index (χ1v) is 7.43. The maximum Gasteiger partial charge on any atom is 0.195 e. The second kappa shape index (κ2) is 5.04. The Morgan fingerprint density at radius 1 is 1.33 bits per heavy atom. The van der Waals surface area contributed by atoms with Crippen LogP contribution in [-0.4, -0.2) is 17.6 Å². The van der Waals surface area contributed by atoms with Gasteiger partial charge in [0.15, 0.2) is 5.89 Å². The summed E-state index contributed by atoms with van der Waals surface area (Å²) in [5, 5.41) is 3.40. The zero-order chi connectivity index (χ0) is 12.5. The number of rotatable bonds is 5. The van der Waals surface area contributed by atoms with Crippen molar-refractivity contribution in [3.05, 3.63) is 17.8 Å². The first-order chi connectivity index (χ1) is 8.75. The van der Waals surface area contributed by atoms with E-state index in [0.717, 1.165) is 36.5 Å². The lowest BCUT2D eigenvalue weighted by molar-refractivity contribution is 0.438. The highest BCUT2D eigenvalue weighted by molar-refractivity contribution is 5.18. The maximum atomic E-state index is 5.93. The van der Waals surface area contributed by atoms with Crippen LogP contribution < -0.4 is 5.32 Å². The fourth-order valence-electron chi connectivity index (χ4n) is 3.48. The average Bonchev–Trinajstić information content (AvgIpc) is 2.91. The van der Waals surface area contributed by atoms with Crippen LogP contribution >= 0.6 is 0 Å². The van der Waals surface area contributed by atoms with E-state index in [1.165, 1.54) is 25.7 Å². The molecule has 2 saturated carbocycles. The highest BCUT2D eigenvalue weighted by Crippen LogP contribution is 2.61. The van der Waals surface area contributed by atoms with Gasteiger partial charge in [-0.15, -0.1) is 0 Å². The molecule has 2 fully saturated rings. The molecule has 3 rings (SSSR count). The Morgan fingerprint density at radius 3 is 2.72 bits per heavy atom. The van der Waals surface area contributed by atoms with Crippen LogP contribution in [0.4, 0.5) is 0 Å². The van der Waals surface area contributed by atoms with E-state index in [4.69, 9.17) is 4.42 Å². The number of oxazole rings is 1. The molecule has 0 bridgehead atoms. The third-order valence-corrected chi connectivity index (χ3v) is 4.45. The predicted octanol–water partition coefficient (Wildman–Crippen LogP) is 3.12. The van der Waals surface area contributed by atoms with Crippen LogP contribution in [0.5, 0.6) is 0 Å². The Hall–Kier alpha value is -0.830. The molecule has 100 valence electrons. The van der Waals surface area contributed by atoms with Gasteiger partial charge in [0, 0.05) is 24.9 Å². The minimum absolute atomic E-state index is 0.533. The van der Waals surface area contributed by atoms with Gasteiger partial charge in [-0.1, -0.05) is 26.7 Å². The van der Waals surface area contributed by atoms with Crippen molar-refractivity contribution in [1.29, 1.82) is 0 Å². The molecule has 1 aromatic heterocycles. The predicted molar refractivity (Wildman–Crippen MR) is 71.5 cm³/mol. The second-order valence-electron chi connectivity index (χ2n) is 6.15. The lowest BCUT2D eigenvalue weighted by Gasteiger charge is -2.05. The number of hydrogen-bond donors (Lipinski definition) is 1.